The monoisotopic (exact) mass is 574 g/mol. The van der Waals surface area contributed by atoms with Gasteiger partial charge in [0.15, 0.2) is 18.1 Å². The summed E-state index contributed by atoms with van der Waals surface area (Å²) in [5.41, 5.74) is 2.72. The molecule has 0 bridgehead atoms. The minimum absolute atomic E-state index is 0.0457. The highest BCUT2D eigenvalue weighted by Gasteiger charge is 2.22. The number of ether oxygens (including phenoxy) is 6. The largest absolute Gasteiger partial charge is 0.497 e. The quantitative estimate of drug-likeness (QED) is 0.214. The molecule has 12 heteroatoms. The highest BCUT2D eigenvalue weighted by Crippen LogP contribution is 2.43. The van der Waals surface area contributed by atoms with Crippen LogP contribution in [-0.4, -0.2) is 59.3 Å². The number of fused-ring (bicyclic) bond motifs is 1. The number of methoxy groups -OCH3 is 2. The van der Waals surface area contributed by atoms with Crippen LogP contribution in [0.25, 0.3) is 17.2 Å². The van der Waals surface area contributed by atoms with Crippen molar-refractivity contribution >= 4 is 12.0 Å². The van der Waals surface area contributed by atoms with Crippen LogP contribution in [0.2, 0.25) is 0 Å². The van der Waals surface area contributed by atoms with E-state index in [-0.39, 0.29) is 25.4 Å². The van der Waals surface area contributed by atoms with Gasteiger partial charge >= 0.3 is 5.97 Å². The molecule has 5 rings (SSSR count). The first-order valence-corrected chi connectivity index (χ1v) is 13.2. The molecular formula is C30H30N4O8. The fourth-order valence-electron chi connectivity index (χ4n) is 4.51. The van der Waals surface area contributed by atoms with Crippen molar-refractivity contribution in [2.75, 3.05) is 27.6 Å². The Hall–Kier alpha value is -5.26. The summed E-state index contributed by atoms with van der Waals surface area (Å²) in [5.74, 6) is 2.49. The highest BCUT2D eigenvalue weighted by molar-refractivity contribution is 5.95. The molecule has 3 aromatic carbocycles. The number of carbonyl (C=O) groups is 1. The van der Waals surface area contributed by atoms with E-state index in [0.29, 0.717) is 69.2 Å². The third kappa shape index (κ3) is 6.22. The van der Waals surface area contributed by atoms with Gasteiger partial charge in [-0.15, -0.1) is 10.2 Å². The summed E-state index contributed by atoms with van der Waals surface area (Å²) in [6.45, 7) is 2.62. The van der Waals surface area contributed by atoms with Gasteiger partial charge in [-0.1, -0.05) is 24.3 Å². The zero-order valence-corrected chi connectivity index (χ0v) is 23.4. The Kier molecular flexibility index (Phi) is 8.71. The topological polar surface area (TPSA) is 147 Å². The van der Waals surface area contributed by atoms with E-state index in [4.69, 9.17) is 28.4 Å². The zero-order chi connectivity index (χ0) is 29.5. The lowest BCUT2D eigenvalue weighted by molar-refractivity contribution is -0.132. The molecule has 1 aliphatic rings. The summed E-state index contributed by atoms with van der Waals surface area (Å²) >= 11 is 0. The van der Waals surface area contributed by atoms with Gasteiger partial charge in [0.1, 0.15) is 23.0 Å². The summed E-state index contributed by atoms with van der Waals surface area (Å²) < 4.78 is 34.2. The maximum absolute atomic E-state index is 12.6. The van der Waals surface area contributed by atoms with Gasteiger partial charge in [0, 0.05) is 40.8 Å². The van der Waals surface area contributed by atoms with Crippen molar-refractivity contribution in [1.29, 1.82) is 0 Å². The van der Waals surface area contributed by atoms with E-state index in [9.17, 15) is 9.90 Å². The van der Waals surface area contributed by atoms with Crippen molar-refractivity contribution in [3.8, 4) is 45.6 Å². The molecule has 0 fully saturated rings. The lowest BCUT2D eigenvalue weighted by atomic mass is 9.94. The molecule has 4 aromatic rings. The number of aromatic nitrogens is 4. The molecule has 0 atom stereocenters. The first-order chi connectivity index (χ1) is 20.5. The molecule has 2 heterocycles. The molecule has 0 saturated heterocycles. The summed E-state index contributed by atoms with van der Waals surface area (Å²) in [6.07, 6.45) is 2.49. The number of H-pyrrole nitrogens is 1. The van der Waals surface area contributed by atoms with E-state index >= 15 is 0 Å². The van der Waals surface area contributed by atoms with Crippen LogP contribution in [0, 0.1) is 0 Å². The molecule has 0 saturated carbocycles. The number of aromatic amines is 1. The minimum atomic E-state index is -1.08. The van der Waals surface area contributed by atoms with E-state index in [0.717, 1.165) is 6.42 Å². The van der Waals surface area contributed by atoms with Gasteiger partial charge in [0.2, 0.25) is 12.6 Å². The second-order valence-corrected chi connectivity index (χ2v) is 9.22. The maximum Gasteiger partial charge on any atom is 0.331 e. The third-order valence-electron chi connectivity index (χ3n) is 6.49. The number of aliphatic carboxylic acids is 1. The number of tetrazole rings is 1. The predicted molar refractivity (Wildman–Crippen MR) is 151 cm³/mol. The van der Waals surface area contributed by atoms with Crippen molar-refractivity contribution in [2.24, 2.45) is 0 Å². The average molecular weight is 575 g/mol. The Morgan fingerprint density at radius 1 is 1.02 bits per heavy atom. The van der Waals surface area contributed by atoms with Gasteiger partial charge in [0.05, 0.1) is 20.8 Å². The van der Waals surface area contributed by atoms with Gasteiger partial charge in [-0.2, -0.15) is 5.21 Å². The maximum atomic E-state index is 12.6. The summed E-state index contributed by atoms with van der Waals surface area (Å²) in [6, 6.07) is 14.3. The SMILES string of the molecule is CCCOc1cccc(C=C(Cc2cc3c(cc2OC)OCO3)C(=O)O)c1-c1ccc(OC)cc1OCc1nn[nH]n1. The molecule has 0 amide bonds. The highest BCUT2D eigenvalue weighted by atomic mass is 16.7. The van der Waals surface area contributed by atoms with Crippen LogP contribution in [0.15, 0.2) is 54.1 Å². The van der Waals surface area contributed by atoms with Crippen molar-refractivity contribution in [1.82, 2.24) is 20.6 Å². The first kappa shape index (κ1) is 28.3. The molecule has 0 radical (unpaired) electrons. The van der Waals surface area contributed by atoms with Crippen LogP contribution < -0.4 is 28.4 Å². The van der Waals surface area contributed by atoms with E-state index in [2.05, 4.69) is 20.6 Å². The number of carboxylic acids is 1. The molecule has 0 unspecified atom stereocenters. The van der Waals surface area contributed by atoms with Crippen LogP contribution >= 0.6 is 0 Å². The Morgan fingerprint density at radius 2 is 1.86 bits per heavy atom. The summed E-state index contributed by atoms with van der Waals surface area (Å²) in [4.78, 5) is 12.6. The van der Waals surface area contributed by atoms with Crippen LogP contribution in [0.3, 0.4) is 0 Å². The lowest BCUT2D eigenvalue weighted by Gasteiger charge is -2.18. The molecule has 0 spiro atoms. The molecule has 1 aromatic heterocycles. The molecule has 1 aliphatic heterocycles. The average Bonchev–Trinajstić information content (AvgIpc) is 3.70. The van der Waals surface area contributed by atoms with Crippen molar-refractivity contribution < 1.29 is 38.3 Å². The molecule has 2 N–H and O–H groups in total. The van der Waals surface area contributed by atoms with E-state index in [1.807, 2.05) is 31.2 Å². The van der Waals surface area contributed by atoms with E-state index in [1.54, 1.807) is 37.5 Å². The van der Waals surface area contributed by atoms with Gasteiger partial charge < -0.3 is 33.5 Å². The third-order valence-corrected chi connectivity index (χ3v) is 6.49. The number of carboxylic acid groups (broad SMARTS) is 1. The van der Waals surface area contributed by atoms with Crippen molar-refractivity contribution in [2.45, 2.75) is 26.4 Å². The number of hydrogen-bond acceptors (Lipinski definition) is 10. The smallest absolute Gasteiger partial charge is 0.331 e. The van der Waals surface area contributed by atoms with Crippen LogP contribution in [0.5, 0.6) is 34.5 Å². The second-order valence-electron chi connectivity index (χ2n) is 9.22. The fourth-order valence-corrected chi connectivity index (χ4v) is 4.51. The Balaban J connectivity index is 1.61. The number of benzene rings is 3. The van der Waals surface area contributed by atoms with Gasteiger partial charge in [-0.05, 0) is 42.3 Å². The summed E-state index contributed by atoms with van der Waals surface area (Å²) in [5, 5.41) is 24.2. The molecular weight excluding hydrogens is 544 g/mol. The zero-order valence-electron chi connectivity index (χ0n) is 23.4. The normalized spacial score (nSPS) is 12.2. The second kappa shape index (κ2) is 12.9. The van der Waals surface area contributed by atoms with Crippen molar-refractivity contribution in [3.63, 3.8) is 0 Å². The molecule has 12 nitrogen and oxygen atoms in total. The Bertz CT molecular complexity index is 1590. The Labute approximate surface area is 241 Å². The van der Waals surface area contributed by atoms with Crippen LogP contribution in [-0.2, 0) is 17.8 Å². The predicted octanol–water partition coefficient (Wildman–Crippen LogP) is 4.69. The Morgan fingerprint density at radius 3 is 2.57 bits per heavy atom. The van der Waals surface area contributed by atoms with Crippen molar-refractivity contribution in [3.05, 3.63) is 71.1 Å². The number of rotatable bonds is 13. The van der Waals surface area contributed by atoms with Crippen LogP contribution in [0.4, 0.5) is 0 Å². The standard InChI is InChI=1S/C30H30N4O8/c1-4-10-39-23-7-5-6-18(11-20(30(35)36)12-19-13-26-27(42-17-41-26)15-24(19)38-3)29(23)22-9-8-21(37-2)14-25(22)40-16-28-31-33-34-32-28/h5-9,11,13-15H,4,10,12,16-17H2,1-3H3,(H,35,36)(H,31,32,33,34). The van der Waals surface area contributed by atoms with E-state index in [1.165, 1.54) is 7.11 Å². The van der Waals surface area contributed by atoms with E-state index < -0.39 is 5.97 Å². The van der Waals surface area contributed by atoms with Gasteiger partial charge in [-0.25, -0.2) is 4.79 Å². The van der Waals surface area contributed by atoms with Gasteiger partial charge in [-0.3, -0.25) is 0 Å². The first-order valence-electron chi connectivity index (χ1n) is 13.2. The lowest BCUT2D eigenvalue weighted by Crippen LogP contribution is -2.06. The molecule has 42 heavy (non-hydrogen) atoms. The molecule has 218 valence electrons. The number of nitrogens with one attached hydrogen (secondary N) is 1. The molecule has 0 aliphatic carbocycles. The summed E-state index contributed by atoms with van der Waals surface area (Å²) in [7, 11) is 3.09. The van der Waals surface area contributed by atoms with Gasteiger partial charge in [0.25, 0.3) is 0 Å². The fraction of sp³-hybridized carbons (Fsp3) is 0.267. The minimum Gasteiger partial charge on any atom is -0.497 e. The van der Waals surface area contributed by atoms with Crippen LogP contribution in [0.1, 0.15) is 30.3 Å². The number of hydrogen-bond donors (Lipinski definition) is 2. The number of nitrogens with zero attached hydrogens (tertiary/aromatic N) is 3.